The van der Waals surface area contributed by atoms with Gasteiger partial charge in [-0.15, -0.1) is 0 Å². The van der Waals surface area contributed by atoms with E-state index in [4.69, 9.17) is 4.74 Å². The van der Waals surface area contributed by atoms with E-state index >= 15 is 0 Å². The van der Waals surface area contributed by atoms with Gasteiger partial charge in [0.1, 0.15) is 5.75 Å². The van der Waals surface area contributed by atoms with Crippen molar-refractivity contribution >= 4 is 5.69 Å². The molecule has 0 saturated carbocycles. The Bertz CT molecular complexity index is 546. The minimum atomic E-state index is 0.904. The number of hydrogen-bond acceptors (Lipinski definition) is 2. The van der Waals surface area contributed by atoms with Crippen LogP contribution < -0.4 is 10.1 Å². The maximum atomic E-state index is 5.21. The molecule has 3 rings (SSSR count). The summed E-state index contributed by atoms with van der Waals surface area (Å²) in [5.74, 6) is 0.904. The third-order valence-corrected chi connectivity index (χ3v) is 3.50. The molecule has 0 aromatic heterocycles. The largest absolute Gasteiger partial charge is 0.497 e. The number of methoxy groups -OCH3 is 1. The first-order chi connectivity index (χ1) is 8.88. The first-order valence-corrected chi connectivity index (χ1v) is 6.38. The van der Waals surface area contributed by atoms with Gasteiger partial charge in [-0.2, -0.15) is 0 Å². The zero-order chi connectivity index (χ0) is 12.4. The van der Waals surface area contributed by atoms with Crippen molar-refractivity contribution in [3.63, 3.8) is 0 Å². The van der Waals surface area contributed by atoms with E-state index in [9.17, 15) is 0 Å². The van der Waals surface area contributed by atoms with Crippen LogP contribution in [0.25, 0.3) is 11.1 Å². The second-order valence-electron chi connectivity index (χ2n) is 4.59. The fraction of sp³-hybridized carbons (Fsp3) is 0.250. The van der Waals surface area contributed by atoms with Crippen molar-refractivity contribution in [1.82, 2.24) is 0 Å². The van der Waals surface area contributed by atoms with Gasteiger partial charge in [0.05, 0.1) is 7.11 Å². The van der Waals surface area contributed by atoms with Crippen molar-refractivity contribution in [2.45, 2.75) is 12.8 Å². The van der Waals surface area contributed by atoms with E-state index < -0.39 is 0 Å². The molecule has 0 spiro atoms. The Morgan fingerprint density at radius 1 is 1.06 bits per heavy atom. The van der Waals surface area contributed by atoms with E-state index in [1.807, 2.05) is 12.1 Å². The summed E-state index contributed by atoms with van der Waals surface area (Å²) in [6.07, 6.45) is 2.37. The Hall–Kier alpha value is -1.96. The van der Waals surface area contributed by atoms with Crippen LogP contribution in [0.5, 0.6) is 5.75 Å². The molecule has 18 heavy (non-hydrogen) atoms. The molecule has 0 fully saturated rings. The molecule has 1 aliphatic heterocycles. The van der Waals surface area contributed by atoms with Crippen LogP contribution in [-0.2, 0) is 6.42 Å². The van der Waals surface area contributed by atoms with Crippen molar-refractivity contribution in [2.24, 2.45) is 0 Å². The summed E-state index contributed by atoms with van der Waals surface area (Å²) in [7, 11) is 1.70. The summed E-state index contributed by atoms with van der Waals surface area (Å²) in [5.41, 5.74) is 5.32. The van der Waals surface area contributed by atoms with Crippen molar-refractivity contribution in [1.29, 1.82) is 0 Å². The smallest absolute Gasteiger partial charge is 0.118 e. The van der Waals surface area contributed by atoms with E-state index in [-0.39, 0.29) is 0 Å². The Labute approximate surface area is 108 Å². The van der Waals surface area contributed by atoms with Crippen molar-refractivity contribution in [3.05, 3.63) is 48.0 Å². The van der Waals surface area contributed by atoms with Gasteiger partial charge in [0.15, 0.2) is 0 Å². The maximum Gasteiger partial charge on any atom is 0.118 e. The predicted molar refractivity (Wildman–Crippen MR) is 75.2 cm³/mol. The molecule has 0 bridgehead atoms. The van der Waals surface area contributed by atoms with Gasteiger partial charge >= 0.3 is 0 Å². The Morgan fingerprint density at radius 2 is 1.89 bits per heavy atom. The van der Waals surface area contributed by atoms with Gasteiger partial charge in [-0.05, 0) is 47.7 Å². The van der Waals surface area contributed by atoms with Gasteiger partial charge in [-0.25, -0.2) is 0 Å². The molecule has 0 atom stereocenters. The monoisotopic (exact) mass is 239 g/mol. The number of rotatable bonds is 2. The van der Waals surface area contributed by atoms with Gasteiger partial charge < -0.3 is 10.1 Å². The zero-order valence-corrected chi connectivity index (χ0v) is 10.6. The van der Waals surface area contributed by atoms with E-state index in [0.717, 1.165) is 18.7 Å². The lowest BCUT2D eigenvalue weighted by Crippen LogP contribution is -2.12. The standard InChI is InChI=1S/C16H17NO/c1-18-13-9-7-12(8-10-13)14-4-2-6-16-15(14)5-3-11-17-16/h2,4,6-10,17H,3,5,11H2,1H3. The number of ether oxygens (including phenoxy) is 1. The second-order valence-corrected chi connectivity index (χ2v) is 4.59. The van der Waals surface area contributed by atoms with Crippen LogP contribution >= 0.6 is 0 Å². The first-order valence-electron chi connectivity index (χ1n) is 6.38. The summed E-state index contributed by atoms with van der Waals surface area (Å²) in [4.78, 5) is 0. The van der Waals surface area contributed by atoms with Crippen LogP contribution in [0.15, 0.2) is 42.5 Å². The molecular weight excluding hydrogens is 222 g/mol. The number of anilines is 1. The molecule has 1 N–H and O–H groups in total. The molecule has 1 aliphatic rings. The fourth-order valence-electron chi connectivity index (χ4n) is 2.55. The van der Waals surface area contributed by atoms with Crippen LogP contribution in [0.3, 0.4) is 0 Å². The molecule has 2 aromatic rings. The molecule has 92 valence electrons. The SMILES string of the molecule is COc1ccc(-c2cccc3c2CCCN3)cc1. The zero-order valence-electron chi connectivity index (χ0n) is 10.6. The summed E-state index contributed by atoms with van der Waals surface area (Å²) < 4.78 is 5.21. The fourth-order valence-corrected chi connectivity index (χ4v) is 2.55. The van der Waals surface area contributed by atoms with Crippen LogP contribution in [0.4, 0.5) is 5.69 Å². The molecule has 2 aromatic carbocycles. The van der Waals surface area contributed by atoms with E-state index in [2.05, 4.69) is 35.6 Å². The molecule has 0 amide bonds. The molecular formula is C16H17NO. The molecule has 2 nitrogen and oxygen atoms in total. The highest BCUT2D eigenvalue weighted by Crippen LogP contribution is 2.33. The van der Waals surface area contributed by atoms with Crippen molar-refractivity contribution in [2.75, 3.05) is 19.0 Å². The lowest BCUT2D eigenvalue weighted by Gasteiger charge is -2.21. The number of fused-ring (bicyclic) bond motifs is 1. The van der Waals surface area contributed by atoms with Crippen LogP contribution in [0.1, 0.15) is 12.0 Å². The van der Waals surface area contributed by atoms with Gasteiger partial charge in [0, 0.05) is 12.2 Å². The summed E-state index contributed by atoms with van der Waals surface area (Å²) in [6, 6.07) is 14.8. The normalized spacial score (nSPS) is 13.6. The minimum absolute atomic E-state index is 0.904. The van der Waals surface area contributed by atoms with Gasteiger partial charge in [0.25, 0.3) is 0 Å². The van der Waals surface area contributed by atoms with Gasteiger partial charge in [-0.1, -0.05) is 24.3 Å². The maximum absolute atomic E-state index is 5.21. The summed E-state index contributed by atoms with van der Waals surface area (Å²) >= 11 is 0. The lowest BCUT2D eigenvalue weighted by molar-refractivity contribution is 0.415. The Morgan fingerprint density at radius 3 is 2.67 bits per heavy atom. The average molecular weight is 239 g/mol. The average Bonchev–Trinajstić information content (AvgIpc) is 2.47. The highest BCUT2D eigenvalue weighted by Gasteiger charge is 2.13. The summed E-state index contributed by atoms with van der Waals surface area (Å²) in [6.45, 7) is 1.08. The highest BCUT2D eigenvalue weighted by atomic mass is 16.5. The predicted octanol–water partition coefficient (Wildman–Crippen LogP) is 3.72. The third kappa shape index (κ3) is 1.94. The first kappa shape index (κ1) is 11.1. The third-order valence-electron chi connectivity index (χ3n) is 3.50. The quantitative estimate of drug-likeness (QED) is 0.862. The molecule has 1 heterocycles. The van der Waals surface area contributed by atoms with Crippen molar-refractivity contribution in [3.8, 4) is 16.9 Å². The van der Waals surface area contributed by atoms with Crippen molar-refractivity contribution < 1.29 is 4.74 Å². The molecule has 0 aliphatic carbocycles. The van der Waals surface area contributed by atoms with Crippen LogP contribution in [-0.4, -0.2) is 13.7 Å². The molecule has 0 radical (unpaired) electrons. The lowest BCUT2D eigenvalue weighted by atomic mass is 9.93. The molecule has 0 saturated heterocycles. The Balaban J connectivity index is 2.05. The van der Waals surface area contributed by atoms with Crippen LogP contribution in [0.2, 0.25) is 0 Å². The molecule has 2 heteroatoms. The summed E-state index contributed by atoms with van der Waals surface area (Å²) in [5, 5.41) is 3.47. The van der Waals surface area contributed by atoms with Gasteiger partial charge in [0.2, 0.25) is 0 Å². The number of benzene rings is 2. The second kappa shape index (κ2) is 4.73. The van der Waals surface area contributed by atoms with E-state index in [1.165, 1.54) is 28.8 Å². The van der Waals surface area contributed by atoms with Crippen LogP contribution in [0, 0.1) is 0 Å². The number of nitrogens with one attached hydrogen (secondary N) is 1. The topological polar surface area (TPSA) is 21.3 Å². The Kier molecular flexibility index (Phi) is 2.93. The minimum Gasteiger partial charge on any atom is -0.497 e. The molecule has 0 unspecified atom stereocenters. The number of hydrogen-bond donors (Lipinski definition) is 1. The van der Waals surface area contributed by atoms with E-state index in [1.54, 1.807) is 7.11 Å². The van der Waals surface area contributed by atoms with Gasteiger partial charge in [-0.3, -0.25) is 0 Å². The highest BCUT2D eigenvalue weighted by molar-refractivity contribution is 5.75. The van der Waals surface area contributed by atoms with E-state index in [0.29, 0.717) is 0 Å².